The Morgan fingerprint density at radius 2 is 2.00 bits per heavy atom. The van der Waals surface area contributed by atoms with Crippen LogP contribution in [0.1, 0.15) is 30.9 Å². The van der Waals surface area contributed by atoms with Crippen molar-refractivity contribution in [1.29, 1.82) is 0 Å². The van der Waals surface area contributed by atoms with Gasteiger partial charge in [0.05, 0.1) is 10.6 Å². The molecule has 2 aromatic carbocycles. The molecule has 0 spiro atoms. The fraction of sp³-hybridized carbons (Fsp3) is 0.400. The van der Waals surface area contributed by atoms with E-state index in [1.165, 1.54) is 12.0 Å². The summed E-state index contributed by atoms with van der Waals surface area (Å²) in [7, 11) is 0. The van der Waals surface area contributed by atoms with Crippen molar-refractivity contribution in [1.82, 2.24) is 10.3 Å². The van der Waals surface area contributed by atoms with Gasteiger partial charge in [-0.1, -0.05) is 13.0 Å². The maximum Gasteiger partial charge on any atom is 0.324 e. The van der Waals surface area contributed by atoms with E-state index in [0.29, 0.717) is 17.1 Å². The molecule has 1 atom stereocenters. The lowest BCUT2D eigenvalue weighted by Crippen LogP contribution is -2.34. The molecule has 0 saturated carbocycles. The Labute approximate surface area is 162 Å². The highest BCUT2D eigenvalue weighted by atomic mass is 16.6. The van der Waals surface area contributed by atoms with E-state index in [9.17, 15) is 10.1 Å². The van der Waals surface area contributed by atoms with Gasteiger partial charge in [-0.05, 0) is 72.2 Å². The Morgan fingerprint density at radius 3 is 2.71 bits per heavy atom. The molecule has 28 heavy (non-hydrogen) atoms. The lowest BCUT2D eigenvalue weighted by Gasteiger charge is -2.32. The number of benzene rings is 2. The molecular formula is C20H23N5O3. The molecule has 2 heterocycles. The third-order valence-corrected chi connectivity index (χ3v) is 5.46. The molecule has 3 aromatic rings. The second kappa shape index (κ2) is 7.10. The SMILES string of the molecule is Cc1ccc(Nc2cc(N3CCCC(C)C3)c3nonc3c2[N+](=O)[O-])cc1C. The van der Waals surface area contributed by atoms with Crippen molar-refractivity contribution in [3.05, 3.63) is 45.5 Å². The molecular weight excluding hydrogens is 358 g/mol. The summed E-state index contributed by atoms with van der Waals surface area (Å²) in [5.74, 6) is 0.551. The van der Waals surface area contributed by atoms with E-state index in [1.807, 2.05) is 32.0 Å². The minimum absolute atomic E-state index is 0.122. The van der Waals surface area contributed by atoms with Crippen LogP contribution in [-0.2, 0) is 0 Å². The Kier molecular flexibility index (Phi) is 4.62. The Balaban J connectivity index is 1.84. The minimum Gasteiger partial charge on any atom is -0.369 e. The van der Waals surface area contributed by atoms with Gasteiger partial charge in [0.2, 0.25) is 5.52 Å². The Bertz CT molecular complexity index is 1050. The van der Waals surface area contributed by atoms with Crippen LogP contribution in [0.15, 0.2) is 28.9 Å². The summed E-state index contributed by atoms with van der Waals surface area (Å²) in [6, 6.07) is 7.69. The number of nitro groups is 1. The van der Waals surface area contributed by atoms with Crippen LogP contribution >= 0.6 is 0 Å². The number of hydrogen-bond donors (Lipinski definition) is 1. The highest BCUT2D eigenvalue weighted by molar-refractivity contribution is 6.00. The third kappa shape index (κ3) is 3.26. The van der Waals surface area contributed by atoms with Crippen molar-refractivity contribution in [3.63, 3.8) is 0 Å². The summed E-state index contributed by atoms with van der Waals surface area (Å²) in [4.78, 5) is 13.6. The van der Waals surface area contributed by atoms with Crippen LogP contribution in [0.25, 0.3) is 11.0 Å². The number of nitrogens with zero attached hydrogens (tertiary/aromatic N) is 4. The van der Waals surface area contributed by atoms with Crippen molar-refractivity contribution in [2.75, 3.05) is 23.3 Å². The fourth-order valence-electron chi connectivity index (χ4n) is 3.82. The van der Waals surface area contributed by atoms with Gasteiger partial charge in [-0.2, -0.15) is 0 Å². The summed E-state index contributed by atoms with van der Waals surface area (Å²) in [6.45, 7) is 8.02. The summed E-state index contributed by atoms with van der Waals surface area (Å²) in [5, 5.41) is 22.9. The molecule has 0 bridgehead atoms. The van der Waals surface area contributed by atoms with Gasteiger partial charge in [-0.3, -0.25) is 10.1 Å². The molecule has 0 amide bonds. The topological polar surface area (TPSA) is 97.3 Å². The van der Waals surface area contributed by atoms with Crippen LogP contribution in [0.3, 0.4) is 0 Å². The van der Waals surface area contributed by atoms with Crippen molar-refractivity contribution in [3.8, 4) is 0 Å². The molecule has 4 rings (SSSR count). The minimum atomic E-state index is -0.432. The highest BCUT2D eigenvalue weighted by Gasteiger charge is 2.29. The molecule has 0 radical (unpaired) electrons. The lowest BCUT2D eigenvalue weighted by atomic mass is 9.99. The van der Waals surface area contributed by atoms with Crippen molar-refractivity contribution in [2.45, 2.75) is 33.6 Å². The first-order chi connectivity index (χ1) is 13.4. The summed E-state index contributed by atoms with van der Waals surface area (Å²) in [6.07, 6.45) is 2.25. The number of nitro benzene ring substituents is 1. The number of anilines is 3. The number of nitrogens with one attached hydrogen (secondary N) is 1. The third-order valence-electron chi connectivity index (χ3n) is 5.46. The summed E-state index contributed by atoms with van der Waals surface area (Å²) in [5.41, 5.74) is 4.77. The average Bonchev–Trinajstić information content (AvgIpc) is 3.13. The number of aryl methyl sites for hydroxylation is 2. The number of aromatic nitrogens is 2. The first kappa shape index (κ1) is 18.2. The maximum atomic E-state index is 11.8. The van der Waals surface area contributed by atoms with E-state index >= 15 is 0 Å². The molecule has 8 heteroatoms. The number of hydrogen-bond acceptors (Lipinski definition) is 7. The molecule has 1 aliphatic heterocycles. The van der Waals surface area contributed by atoms with Gasteiger partial charge in [0.15, 0.2) is 5.52 Å². The van der Waals surface area contributed by atoms with E-state index in [4.69, 9.17) is 4.63 Å². The second-order valence-electron chi connectivity index (χ2n) is 7.63. The molecule has 1 aliphatic rings. The van der Waals surface area contributed by atoms with E-state index < -0.39 is 4.92 Å². The van der Waals surface area contributed by atoms with Crippen molar-refractivity contribution in [2.24, 2.45) is 5.92 Å². The Morgan fingerprint density at radius 1 is 1.21 bits per heavy atom. The molecule has 1 N–H and O–H groups in total. The van der Waals surface area contributed by atoms with Gasteiger partial charge in [-0.25, -0.2) is 4.63 Å². The van der Waals surface area contributed by atoms with Crippen LogP contribution in [0.5, 0.6) is 0 Å². The zero-order valence-corrected chi connectivity index (χ0v) is 16.2. The molecule has 146 valence electrons. The number of piperidine rings is 1. The van der Waals surface area contributed by atoms with E-state index in [2.05, 4.69) is 27.5 Å². The highest BCUT2D eigenvalue weighted by Crippen LogP contribution is 2.40. The van der Waals surface area contributed by atoms with Gasteiger partial charge in [0.1, 0.15) is 5.69 Å². The second-order valence-corrected chi connectivity index (χ2v) is 7.63. The van der Waals surface area contributed by atoms with Crippen molar-refractivity contribution >= 4 is 33.8 Å². The zero-order valence-electron chi connectivity index (χ0n) is 16.2. The van der Waals surface area contributed by atoms with Crippen LogP contribution in [0, 0.1) is 29.9 Å². The lowest BCUT2D eigenvalue weighted by molar-refractivity contribution is -0.382. The first-order valence-electron chi connectivity index (χ1n) is 9.47. The predicted molar refractivity (Wildman–Crippen MR) is 108 cm³/mol. The van der Waals surface area contributed by atoms with Crippen molar-refractivity contribution < 1.29 is 9.55 Å². The molecule has 8 nitrogen and oxygen atoms in total. The quantitative estimate of drug-likeness (QED) is 0.515. The monoisotopic (exact) mass is 381 g/mol. The molecule has 0 aliphatic carbocycles. The predicted octanol–water partition coefficient (Wildman–Crippen LogP) is 4.73. The Hall–Kier alpha value is -3.16. The van der Waals surface area contributed by atoms with Gasteiger partial charge in [0.25, 0.3) is 0 Å². The summed E-state index contributed by atoms with van der Waals surface area (Å²) < 4.78 is 4.90. The first-order valence-corrected chi connectivity index (χ1v) is 9.47. The van der Waals surface area contributed by atoms with Crippen LogP contribution < -0.4 is 10.2 Å². The van der Waals surface area contributed by atoms with Gasteiger partial charge in [0, 0.05) is 18.8 Å². The molecule has 1 fully saturated rings. The van der Waals surface area contributed by atoms with Gasteiger partial charge in [-0.15, -0.1) is 0 Å². The van der Waals surface area contributed by atoms with E-state index in [-0.39, 0.29) is 11.2 Å². The van der Waals surface area contributed by atoms with Crippen LogP contribution in [0.4, 0.5) is 22.7 Å². The maximum absolute atomic E-state index is 11.8. The fourth-order valence-corrected chi connectivity index (χ4v) is 3.82. The number of fused-ring (bicyclic) bond motifs is 1. The molecule has 1 saturated heterocycles. The van der Waals surface area contributed by atoms with Crippen LogP contribution in [-0.4, -0.2) is 28.3 Å². The van der Waals surface area contributed by atoms with E-state index in [0.717, 1.165) is 36.4 Å². The normalized spacial score (nSPS) is 17.1. The van der Waals surface area contributed by atoms with Gasteiger partial charge >= 0.3 is 5.69 Å². The smallest absolute Gasteiger partial charge is 0.324 e. The average molecular weight is 381 g/mol. The van der Waals surface area contributed by atoms with E-state index in [1.54, 1.807) is 6.07 Å². The zero-order chi connectivity index (χ0) is 19.8. The molecule has 1 unspecified atom stereocenters. The largest absolute Gasteiger partial charge is 0.369 e. The summed E-state index contributed by atoms with van der Waals surface area (Å²) >= 11 is 0. The molecule has 1 aromatic heterocycles. The van der Waals surface area contributed by atoms with Crippen LogP contribution in [0.2, 0.25) is 0 Å². The van der Waals surface area contributed by atoms with Gasteiger partial charge < -0.3 is 10.2 Å². The number of rotatable bonds is 4. The standard InChI is InChI=1S/C20H23N5O3/c1-12-5-4-8-24(11-12)17-10-16(21-15-7-6-13(2)14(3)9-15)20(25(26)27)19-18(17)22-28-23-19/h6-7,9-10,12,21H,4-5,8,11H2,1-3H3.